The van der Waals surface area contributed by atoms with Gasteiger partial charge in [0, 0.05) is 32.2 Å². The van der Waals surface area contributed by atoms with Crippen LogP contribution in [-0.4, -0.2) is 34.0 Å². The topological polar surface area (TPSA) is 71.3 Å². The van der Waals surface area contributed by atoms with E-state index in [4.69, 9.17) is 27.7 Å². The smallest absolute Gasteiger partial charge is 0.241 e. The van der Waals surface area contributed by atoms with E-state index in [-0.39, 0.29) is 11.8 Å². The molecule has 9 heteroatoms. The number of nitrogens with zero attached hydrogens (tertiary/aromatic N) is 3. The van der Waals surface area contributed by atoms with E-state index in [1.807, 2.05) is 72.8 Å². The summed E-state index contributed by atoms with van der Waals surface area (Å²) >= 11 is 13.8. The highest BCUT2D eigenvalue weighted by Crippen LogP contribution is 2.31. The predicted octanol–water partition coefficient (Wildman–Crippen LogP) is 7.19. The molecule has 0 radical (unpaired) electrons. The Morgan fingerprint density at radius 1 is 1.00 bits per heavy atom. The Balaban J connectivity index is 1.12. The van der Waals surface area contributed by atoms with Gasteiger partial charge < -0.3 is 9.84 Å². The van der Waals surface area contributed by atoms with E-state index in [1.54, 1.807) is 11.8 Å². The summed E-state index contributed by atoms with van der Waals surface area (Å²) in [5, 5.41) is 8.61. The Kier molecular flexibility index (Phi) is 8.46. The number of amides is 1. The number of para-hydroxylation sites is 1. The number of aromatic nitrogens is 2. The molecular weight excluding hydrogens is 527 g/mol. The van der Waals surface area contributed by atoms with E-state index in [1.165, 1.54) is 5.56 Å². The van der Waals surface area contributed by atoms with Crippen molar-refractivity contribution in [3.8, 4) is 11.4 Å². The number of hydrogen-bond acceptors (Lipinski definition) is 6. The van der Waals surface area contributed by atoms with E-state index in [0.29, 0.717) is 23.3 Å². The average molecular weight is 554 g/mol. The second-order valence-electron chi connectivity index (χ2n) is 8.97. The van der Waals surface area contributed by atoms with Crippen molar-refractivity contribution in [3.63, 3.8) is 0 Å². The zero-order valence-corrected chi connectivity index (χ0v) is 22.4. The molecule has 6 nitrogen and oxygen atoms in total. The number of hydrogen-bond donors (Lipinski definition) is 1. The van der Waals surface area contributed by atoms with Crippen LogP contribution >= 0.6 is 35.0 Å². The van der Waals surface area contributed by atoms with Gasteiger partial charge in [-0.1, -0.05) is 64.8 Å². The molecule has 1 saturated heterocycles. The second-order valence-corrected chi connectivity index (χ2v) is 10.9. The first kappa shape index (κ1) is 25.8. The maximum absolute atomic E-state index is 13.1. The summed E-state index contributed by atoms with van der Waals surface area (Å²) in [7, 11) is 0. The van der Waals surface area contributed by atoms with Gasteiger partial charge in [-0.25, -0.2) is 0 Å². The maximum Gasteiger partial charge on any atom is 0.241 e. The van der Waals surface area contributed by atoms with Crippen molar-refractivity contribution in [2.24, 2.45) is 5.92 Å². The van der Waals surface area contributed by atoms with Gasteiger partial charge in [0.15, 0.2) is 0 Å². The molecule has 0 saturated carbocycles. The fourth-order valence-corrected chi connectivity index (χ4v) is 5.56. The second kappa shape index (κ2) is 12.1. The van der Waals surface area contributed by atoms with Gasteiger partial charge in [-0.05, 0) is 67.9 Å². The van der Waals surface area contributed by atoms with Gasteiger partial charge >= 0.3 is 0 Å². The van der Waals surface area contributed by atoms with Crippen LogP contribution in [0.1, 0.15) is 24.3 Å². The number of anilines is 1. The van der Waals surface area contributed by atoms with Gasteiger partial charge in [0.25, 0.3) is 0 Å². The van der Waals surface area contributed by atoms with Crippen LogP contribution in [0, 0.1) is 5.92 Å². The Hall–Kier alpha value is -2.84. The number of piperidine rings is 1. The lowest BCUT2D eigenvalue weighted by atomic mass is 9.96. The molecule has 1 aromatic heterocycles. The lowest BCUT2D eigenvalue weighted by Gasteiger charge is -2.30. The van der Waals surface area contributed by atoms with Gasteiger partial charge in [-0.15, -0.1) is 11.8 Å². The molecule has 190 valence electrons. The summed E-state index contributed by atoms with van der Waals surface area (Å²) in [5.74, 6) is 1.93. The van der Waals surface area contributed by atoms with Crippen LogP contribution in [0.4, 0.5) is 5.69 Å². The third-order valence-electron chi connectivity index (χ3n) is 6.32. The first-order chi connectivity index (χ1) is 18.0. The molecule has 0 bridgehead atoms. The van der Waals surface area contributed by atoms with Crippen molar-refractivity contribution in [2.45, 2.75) is 30.0 Å². The van der Waals surface area contributed by atoms with Gasteiger partial charge in [-0.3, -0.25) is 9.69 Å². The Labute approximate surface area is 230 Å². The fraction of sp³-hybridized carbons (Fsp3) is 0.250. The molecule has 0 unspecified atom stereocenters. The van der Waals surface area contributed by atoms with E-state index in [9.17, 15) is 4.79 Å². The number of likely N-dealkylation sites (tertiary alicyclic amines) is 1. The summed E-state index contributed by atoms with van der Waals surface area (Å²) < 4.78 is 5.45. The molecular formula is C28H26Cl2N4O2S. The van der Waals surface area contributed by atoms with Crippen molar-refractivity contribution < 1.29 is 9.32 Å². The minimum atomic E-state index is -0.0321. The highest BCUT2D eigenvalue weighted by Gasteiger charge is 2.26. The summed E-state index contributed by atoms with van der Waals surface area (Å²) in [6.07, 6.45) is 1.56. The van der Waals surface area contributed by atoms with Crippen LogP contribution in [0.25, 0.3) is 11.4 Å². The van der Waals surface area contributed by atoms with Gasteiger partial charge in [0.2, 0.25) is 17.6 Å². The monoisotopic (exact) mass is 552 g/mol. The summed E-state index contributed by atoms with van der Waals surface area (Å²) in [6, 6.07) is 23.2. The third-order valence-corrected chi connectivity index (χ3v) is 7.95. The zero-order valence-electron chi connectivity index (χ0n) is 20.1. The quantitative estimate of drug-likeness (QED) is 0.233. The number of carbonyl (C=O) groups excluding carboxylic acids is 1. The van der Waals surface area contributed by atoms with Crippen LogP contribution in [0.15, 0.2) is 82.2 Å². The van der Waals surface area contributed by atoms with Crippen LogP contribution in [-0.2, 0) is 17.1 Å². The number of benzene rings is 3. The fourth-order valence-electron chi connectivity index (χ4n) is 4.28. The largest absolute Gasteiger partial charge is 0.338 e. The van der Waals surface area contributed by atoms with E-state index in [0.717, 1.165) is 52.9 Å². The summed E-state index contributed by atoms with van der Waals surface area (Å²) in [5.41, 5.74) is 2.86. The first-order valence-electron chi connectivity index (χ1n) is 12.1. The van der Waals surface area contributed by atoms with E-state index in [2.05, 4.69) is 20.4 Å². The molecule has 37 heavy (non-hydrogen) atoms. The molecule has 0 spiro atoms. The minimum Gasteiger partial charge on any atom is -0.338 e. The van der Waals surface area contributed by atoms with Crippen molar-refractivity contribution >= 4 is 46.6 Å². The Morgan fingerprint density at radius 2 is 1.78 bits per heavy atom. The first-order valence-corrected chi connectivity index (χ1v) is 13.9. The van der Waals surface area contributed by atoms with E-state index < -0.39 is 0 Å². The molecule has 1 fully saturated rings. The van der Waals surface area contributed by atoms with E-state index >= 15 is 0 Å². The van der Waals surface area contributed by atoms with Crippen molar-refractivity contribution in [1.29, 1.82) is 0 Å². The van der Waals surface area contributed by atoms with Crippen molar-refractivity contribution in [2.75, 3.05) is 18.4 Å². The SMILES string of the molecule is O=C(Nc1ccccc1SCc1ccc(Cl)cc1)C1CCN(Cc2nc(-c3cccc(Cl)c3)no2)CC1. The van der Waals surface area contributed by atoms with Crippen LogP contribution in [0.5, 0.6) is 0 Å². The summed E-state index contributed by atoms with van der Waals surface area (Å²) in [6.45, 7) is 2.14. The lowest BCUT2D eigenvalue weighted by Crippen LogP contribution is -2.37. The molecule has 3 aromatic carbocycles. The highest BCUT2D eigenvalue weighted by atomic mass is 35.5. The average Bonchev–Trinajstić information content (AvgIpc) is 3.38. The van der Waals surface area contributed by atoms with Crippen LogP contribution < -0.4 is 5.32 Å². The number of halogens is 2. The molecule has 1 aliphatic heterocycles. The van der Waals surface area contributed by atoms with Gasteiger partial charge in [0.1, 0.15) is 0 Å². The van der Waals surface area contributed by atoms with Crippen LogP contribution in [0.2, 0.25) is 10.0 Å². The normalized spacial score (nSPS) is 14.5. The van der Waals surface area contributed by atoms with Crippen molar-refractivity contribution in [3.05, 3.63) is 94.3 Å². The molecule has 1 N–H and O–H groups in total. The van der Waals surface area contributed by atoms with Crippen molar-refractivity contribution in [1.82, 2.24) is 15.0 Å². The molecule has 0 aliphatic carbocycles. The molecule has 1 aliphatic rings. The minimum absolute atomic E-state index is 0.0321. The number of nitrogens with one attached hydrogen (secondary N) is 1. The highest BCUT2D eigenvalue weighted by molar-refractivity contribution is 7.98. The standard InChI is InChI=1S/C28H26Cl2N4O2S/c29-22-10-8-19(9-11-22)18-37-25-7-2-1-6-24(25)31-28(35)20-12-14-34(15-13-20)17-26-32-27(33-36-26)21-4-3-5-23(30)16-21/h1-11,16,20H,12-15,17-18H2,(H,31,35). The summed E-state index contributed by atoms with van der Waals surface area (Å²) in [4.78, 5) is 20.9. The number of rotatable bonds is 8. The zero-order chi connectivity index (χ0) is 25.6. The van der Waals surface area contributed by atoms with Gasteiger partial charge in [-0.2, -0.15) is 4.98 Å². The molecule has 0 atom stereocenters. The third kappa shape index (κ3) is 6.93. The Bertz CT molecular complexity index is 1350. The molecule has 1 amide bonds. The molecule has 4 aromatic rings. The predicted molar refractivity (Wildman–Crippen MR) is 149 cm³/mol. The lowest BCUT2D eigenvalue weighted by molar-refractivity contribution is -0.121. The molecule has 5 rings (SSSR count). The Morgan fingerprint density at radius 3 is 2.57 bits per heavy atom. The number of thioether (sulfide) groups is 1. The molecule has 2 heterocycles. The number of carbonyl (C=O) groups is 1. The maximum atomic E-state index is 13.1. The van der Waals surface area contributed by atoms with Gasteiger partial charge in [0.05, 0.1) is 12.2 Å². The van der Waals surface area contributed by atoms with Crippen LogP contribution in [0.3, 0.4) is 0 Å².